The molecule has 0 radical (unpaired) electrons. The third kappa shape index (κ3) is 11.9. The van der Waals surface area contributed by atoms with E-state index in [2.05, 4.69) is 66.0 Å². The maximum atomic E-state index is 5.61. The van der Waals surface area contributed by atoms with Crippen LogP contribution in [-0.2, 0) is 13.1 Å². The predicted molar refractivity (Wildman–Crippen MR) is 143 cm³/mol. The molecule has 1 aliphatic rings. The van der Waals surface area contributed by atoms with Crippen molar-refractivity contribution >= 4 is 0 Å². The number of likely N-dealkylation sites (N-methyl/N-ethyl adjacent to an activating group) is 1. The molecule has 6 heteroatoms. The fraction of sp³-hybridized carbons (Fsp3) is 0.345. The molecule has 2 atom stereocenters. The van der Waals surface area contributed by atoms with Gasteiger partial charge in [0.15, 0.2) is 0 Å². The van der Waals surface area contributed by atoms with E-state index in [-0.39, 0.29) is 35.6 Å². The van der Waals surface area contributed by atoms with Crippen molar-refractivity contribution in [3.8, 4) is 0 Å². The smallest absolute Gasteiger partial charge is 0.383 e. The number of hydrogen-bond donors (Lipinski definition) is 2. The van der Waals surface area contributed by atoms with Crippen molar-refractivity contribution in [2.45, 2.75) is 51.9 Å². The molecule has 182 valence electrons. The molecule has 3 N–H and O–H groups in total. The van der Waals surface area contributed by atoms with Gasteiger partial charge < -0.3 is 15.7 Å². The maximum Gasteiger partial charge on any atom is 1.00 e. The fourth-order valence-corrected chi connectivity index (χ4v) is 3.67. The van der Waals surface area contributed by atoms with Crippen LogP contribution in [0.3, 0.4) is 0 Å². The number of nitrogens with one attached hydrogen (secondary N) is 1. The van der Waals surface area contributed by atoms with Crippen LogP contribution >= 0.6 is 0 Å². The summed E-state index contributed by atoms with van der Waals surface area (Å²) < 4.78 is 1.72. The van der Waals surface area contributed by atoms with Crippen LogP contribution in [-0.4, -0.2) is 34.3 Å². The first-order valence-electron chi connectivity index (χ1n) is 11.9. The molecular formula is C29H40N5Na. The van der Waals surface area contributed by atoms with Gasteiger partial charge >= 0.3 is 29.6 Å². The summed E-state index contributed by atoms with van der Waals surface area (Å²) in [7, 11) is 2.17. The summed E-state index contributed by atoms with van der Waals surface area (Å²) in [6.07, 6.45) is 7.25. The molecule has 3 aromatic rings. The van der Waals surface area contributed by atoms with Gasteiger partial charge in [0.25, 0.3) is 0 Å². The van der Waals surface area contributed by atoms with E-state index in [9.17, 15) is 0 Å². The largest absolute Gasteiger partial charge is 1.00 e. The van der Waals surface area contributed by atoms with Crippen LogP contribution in [0.5, 0.6) is 0 Å². The van der Waals surface area contributed by atoms with Gasteiger partial charge in [0, 0.05) is 30.9 Å². The topological polar surface area (TPSA) is 59.1 Å². The Kier molecular flexibility index (Phi) is 15.3. The minimum Gasteiger partial charge on any atom is -0.383 e. The molecule has 1 fully saturated rings. The molecule has 5 nitrogen and oxygen atoms in total. The number of aryl methyl sites for hydroxylation is 1. The van der Waals surface area contributed by atoms with Crippen molar-refractivity contribution in [1.82, 2.24) is 20.0 Å². The van der Waals surface area contributed by atoms with Gasteiger partial charge in [-0.2, -0.15) is 6.07 Å². The second kappa shape index (κ2) is 17.3. The summed E-state index contributed by atoms with van der Waals surface area (Å²) in [5.41, 5.74) is 10.3. The van der Waals surface area contributed by atoms with Crippen LogP contribution in [0.25, 0.3) is 0 Å². The molecule has 0 bridgehead atoms. The molecule has 0 aliphatic carbocycles. The van der Waals surface area contributed by atoms with Gasteiger partial charge in [-0.15, -0.1) is 12.8 Å². The fourth-order valence-electron chi connectivity index (χ4n) is 3.67. The van der Waals surface area contributed by atoms with Gasteiger partial charge in [-0.3, -0.25) is 10.00 Å². The van der Waals surface area contributed by atoms with Crippen molar-refractivity contribution in [1.29, 1.82) is 0 Å². The molecule has 1 saturated heterocycles. The number of nitrogens with two attached hydrogens (primary N) is 1. The number of allylic oxidation sites excluding steroid dienone is 1. The Balaban J connectivity index is 0.000000278. The van der Waals surface area contributed by atoms with Crippen LogP contribution in [0.15, 0.2) is 91.7 Å². The third-order valence-electron chi connectivity index (χ3n) is 5.61. The molecule has 1 aromatic heterocycles. The zero-order valence-electron chi connectivity index (χ0n) is 22.0. The summed E-state index contributed by atoms with van der Waals surface area (Å²) in [5, 5.41) is 7.53. The van der Waals surface area contributed by atoms with Crippen molar-refractivity contribution in [3.05, 3.63) is 115 Å². The first-order chi connectivity index (χ1) is 16.4. The Hall–Kier alpha value is -2.15. The zero-order chi connectivity index (χ0) is 24.8. The molecule has 0 saturated carbocycles. The Bertz CT molecular complexity index is 969. The molecule has 2 aromatic carbocycles. The molecule has 35 heavy (non-hydrogen) atoms. The van der Waals surface area contributed by atoms with Gasteiger partial charge in [0.2, 0.25) is 0 Å². The van der Waals surface area contributed by atoms with Crippen molar-refractivity contribution in [2.24, 2.45) is 5.73 Å². The Labute approximate surface area is 234 Å². The van der Waals surface area contributed by atoms with E-state index in [0.29, 0.717) is 6.04 Å². The molecule has 2 unspecified atom stereocenters. The van der Waals surface area contributed by atoms with E-state index in [4.69, 9.17) is 5.73 Å². The normalized spacial score (nSPS) is 15.4. The first-order valence-corrected chi connectivity index (χ1v) is 11.9. The minimum absolute atomic E-state index is 0. The summed E-state index contributed by atoms with van der Waals surface area (Å²) in [6.45, 7) is 14.5. The molecular weight excluding hydrogens is 441 g/mol. The minimum atomic E-state index is 0. The molecule has 0 amide bonds. The molecule has 0 spiro atoms. The first kappa shape index (κ1) is 30.9. The SMILES string of the molecule is C=C(NCc1ccccc1)C1CCCN1C.C=CCn1[c-]cc(C)n1.CC(N)c1ccccc1.[Na+]. The summed E-state index contributed by atoms with van der Waals surface area (Å²) in [4.78, 5) is 2.38. The number of hydrogen-bond acceptors (Lipinski definition) is 4. The summed E-state index contributed by atoms with van der Waals surface area (Å²) in [5.74, 6) is 0. The van der Waals surface area contributed by atoms with Gasteiger partial charge in [0.1, 0.15) is 0 Å². The number of likely N-dealkylation sites (tertiary alicyclic amines) is 1. The van der Waals surface area contributed by atoms with Gasteiger partial charge in [-0.05, 0) is 44.5 Å². The van der Waals surface area contributed by atoms with Gasteiger partial charge in [-0.1, -0.05) is 85.9 Å². The molecule has 4 rings (SSSR count). The van der Waals surface area contributed by atoms with Crippen molar-refractivity contribution < 1.29 is 29.6 Å². The van der Waals surface area contributed by atoms with E-state index < -0.39 is 0 Å². The number of aromatic nitrogens is 2. The second-order valence-corrected chi connectivity index (χ2v) is 8.59. The third-order valence-corrected chi connectivity index (χ3v) is 5.61. The Morgan fingerprint density at radius 3 is 2.29 bits per heavy atom. The monoisotopic (exact) mass is 481 g/mol. The second-order valence-electron chi connectivity index (χ2n) is 8.59. The standard InChI is InChI=1S/C14H20N2.C8H11N.C7H9N2.Na/c1-12(14-9-6-10-16(14)2)15-11-13-7-4-3-5-8-13;1-7(9)8-5-3-2-4-6-8;1-3-5-9-6-4-7(2)8-9;/h3-5,7-8,14-15H,1,6,9-11H2,2H3;2-7H,9H2,1H3;3-4H,1,5H2,2H3;/q;;-1;+1. The quantitative estimate of drug-likeness (QED) is 0.309. The van der Waals surface area contributed by atoms with Crippen LogP contribution in [0.1, 0.15) is 42.6 Å². The average Bonchev–Trinajstić information content (AvgIpc) is 3.47. The molecule has 1 aliphatic heterocycles. The van der Waals surface area contributed by atoms with Crippen LogP contribution in [0.4, 0.5) is 0 Å². The number of benzene rings is 2. The maximum absolute atomic E-state index is 5.61. The van der Waals surface area contributed by atoms with E-state index >= 15 is 0 Å². The zero-order valence-corrected chi connectivity index (χ0v) is 24.0. The van der Waals surface area contributed by atoms with Crippen LogP contribution < -0.4 is 40.6 Å². The van der Waals surface area contributed by atoms with E-state index in [1.54, 1.807) is 10.8 Å². The predicted octanol–water partition coefficient (Wildman–Crippen LogP) is 2.27. The Morgan fingerprint density at radius 2 is 1.83 bits per heavy atom. The van der Waals surface area contributed by atoms with Crippen molar-refractivity contribution in [3.63, 3.8) is 0 Å². The van der Waals surface area contributed by atoms with Crippen molar-refractivity contribution in [2.75, 3.05) is 13.6 Å². The van der Waals surface area contributed by atoms with Gasteiger partial charge in [-0.25, -0.2) is 0 Å². The molecule has 2 heterocycles. The van der Waals surface area contributed by atoms with Crippen LogP contribution in [0, 0.1) is 13.1 Å². The number of nitrogens with zero attached hydrogens (tertiary/aromatic N) is 3. The average molecular weight is 482 g/mol. The Morgan fingerprint density at radius 1 is 1.20 bits per heavy atom. The van der Waals surface area contributed by atoms with E-state index in [0.717, 1.165) is 24.5 Å². The van der Waals surface area contributed by atoms with E-state index in [1.165, 1.54) is 30.5 Å². The number of rotatable bonds is 7. The summed E-state index contributed by atoms with van der Waals surface area (Å²) >= 11 is 0. The summed E-state index contributed by atoms with van der Waals surface area (Å²) in [6, 6.07) is 23.0. The van der Waals surface area contributed by atoms with Gasteiger partial charge in [0.05, 0.1) is 0 Å². The van der Waals surface area contributed by atoms with Crippen LogP contribution in [0.2, 0.25) is 0 Å². The van der Waals surface area contributed by atoms with E-state index in [1.807, 2.05) is 56.3 Å².